The summed E-state index contributed by atoms with van der Waals surface area (Å²) in [5.41, 5.74) is 11.3. The van der Waals surface area contributed by atoms with Crippen LogP contribution in [0.4, 0.5) is 0 Å². The van der Waals surface area contributed by atoms with E-state index in [9.17, 15) is 9.59 Å². The minimum atomic E-state index is -1.26. The highest BCUT2D eigenvalue weighted by Crippen LogP contribution is 2.39. The smallest absolute Gasteiger partial charge is 0.328 e. The molecule has 7 heteroatoms. The van der Waals surface area contributed by atoms with E-state index in [1.165, 1.54) is 22.4 Å². The first-order chi connectivity index (χ1) is 12.3. The molecule has 0 spiro atoms. The molecule has 7 nitrogen and oxygen atoms in total. The molecular formula is C19H22N2O5. The van der Waals surface area contributed by atoms with E-state index in [2.05, 4.69) is 29.0 Å². The van der Waals surface area contributed by atoms with Gasteiger partial charge in [-0.05, 0) is 36.2 Å². The lowest BCUT2D eigenvalue weighted by atomic mass is 10.1. The number of benzene rings is 1. The SMILES string of the molecule is COc1ccc2c(c1)-c1c(ccn1C[C@@H](C)N)C2.O=C(O)/C=C/C(=O)O. The van der Waals surface area contributed by atoms with Gasteiger partial charge in [0.2, 0.25) is 0 Å². The molecule has 0 fully saturated rings. The Morgan fingerprint density at radius 1 is 1.23 bits per heavy atom. The number of aliphatic carboxylic acids is 2. The summed E-state index contributed by atoms with van der Waals surface area (Å²) in [4.78, 5) is 19.1. The van der Waals surface area contributed by atoms with Crippen molar-refractivity contribution in [3.63, 3.8) is 0 Å². The van der Waals surface area contributed by atoms with Gasteiger partial charge in [0.1, 0.15) is 5.75 Å². The predicted molar refractivity (Wildman–Crippen MR) is 97.3 cm³/mol. The zero-order valence-electron chi connectivity index (χ0n) is 14.7. The van der Waals surface area contributed by atoms with Gasteiger partial charge in [-0.25, -0.2) is 9.59 Å². The Bertz CT molecular complexity index is 820. The van der Waals surface area contributed by atoms with Crippen LogP contribution in [0.1, 0.15) is 18.1 Å². The number of fused-ring (bicyclic) bond motifs is 3. The maximum absolute atomic E-state index is 9.55. The van der Waals surface area contributed by atoms with E-state index in [0.29, 0.717) is 12.2 Å². The third-order valence-electron chi connectivity index (χ3n) is 3.85. The van der Waals surface area contributed by atoms with Crippen molar-refractivity contribution >= 4 is 11.9 Å². The standard InChI is InChI=1S/C15H18N2O.C4H4O4/c1-10(16)9-17-6-5-12-7-11-3-4-13(18-2)8-14(11)15(12)17;5-3(6)1-2-4(7)8/h3-6,8,10H,7,9,16H2,1-2H3;1-2H,(H,5,6)(H,7,8)/b;2-1+/t10-;/m1./s1. The van der Waals surface area contributed by atoms with E-state index in [0.717, 1.165) is 18.7 Å². The van der Waals surface area contributed by atoms with Crippen LogP contribution in [0, 0.1) is 0 Å². The zero-order chi connectivity index (χ0) is 19.3. The lowest BCUT2D eigenvalue weighted by Gasteiger charge is -2.12. The highest BCUT2D eigenvalue weighted by atomic mass is 16.5. The Balaban J connectivity index is 0.000000260. The van der Waals surface area contributed by atoms with Gasteiger partial charge < -0.3 is 25.3 Å². The lowest BCUT2D eigenvalue weighted by molar-refractivity contribution is -0.134. The Morgan fingerprint density at radius 3 is 2.42 bits per heavy atom. The number of carboxylic acid groups (broad SMARTS) is 2. The van der Waals surface area contributed by atoms with Gasteiger partial charge in [-0.15, -0.1) is 0 Å². The van der Waals surface area contributed by atoms with Crippen LogP contribution in [0.2, 0.25) is 0 Å². The lowest BCUT2D eigenvalue weighted by Crippen LogP contribution is -2.22. The summed E-state index contributed by atoms with van der Waals surface area (Å²) in [6, 6.07) is 8.67. The molecule has 1 aliphatic rings. The average Bonchev–Trinajstić information content (AvgIpc) is 3.12. The van der Waals surface area contributed by atoms with Crippen LogP contribution in [0.5, 0.6) is 5.75 Å². The van der Waals surface area contributed by atoms with Crippen molar-refractivity contribution in [2.45, 2.75) is 25.9 Å². The number of hydrogen-bond donors (Lipinski definition) is 3. The van der Waals surface area contributed by atoms with Crippen LogP contribution >= 0.6 is 0 Å². The molecule has 0 bridgehead atoms. The third-order valence-corrected chi connectivity index (χ3v) is 3.85. The molecule has 1 atom stereocenters. The zero-order valence-corrected chi connectivity index (χ0v) is 14.7. The van der Waals surface area contributed by atoms with Crippen LogP contribution in [0.15, 0.2) is 42.6 Å². The highest BCUT2D eigenvalue weighted by molar-refractivity contribution is 5.89. The summed E-state index contributed by atoms with van der Waals surface area (Å²) >= 11 is 0. The van der Waals surface area contributed by atoms with Gasteiger partial charge in [0.15, 0.2) is 0 Å². The maximum Gasteiger partial charge on any atom is 0.328 e. The van der Waals surface area contributed by atoms with Crippen molar-refractivity contribution in [1.29, 1.82) is 0 Å². The number of carbonyl (C=O) groups is 2. The van der Waals surface area contributed by atoms with E-state index < -0.39 is 11.9 Å². The van der Waals surface area contributed by atoms with Crippen molar-refractivity contribution in [2.24, 2.45) is 5.73 Å². The molecular weight excluding hydrogens is 336 g/mol. The molecule has 0 saturated heterocycles. The maximum atomic E-state index is 9.55. The molecule has 1 aliphatic carbocycles. The summed E-state index contributed by atoms with van der Waals surface area (Å²) in [6.45, 7) is 2.89. The summed E-state index contributed by atoms with van der Waals surface area (Å²) in [6.07, 6.45) is 4.27. The fourth-order valence-corrected chi connectivity index (χ4v) is 2.86. The molecule has 26 heavy (non-hydrogen) atoms. The molecule has 0 aliphatic heterocycles. The van der Waals surface area contributed by atoms with Crippen molar-refractivity contribution in [1.82, 2.24) is 4.57 Å². The Hall–Kier alpha value is -3.06. The molecule has 0 amide bonds. The first-order valence-electron chi connectivity index (χ1n) is 8.06. The highest BCUT2D eigenvalue weighted by Gasteiger charge is 2.22. The van der Waals surface area contributed by atoms with E-state index in [1.807, 2.05) is 13.0 Å². The predicted octanol–water partition coefficient (Wildman–Crippen LogP) is 2.13. The topological polar surface area (TPSA) is 115 Å². The molecule has 2 aromatic rings. The molecule has 1 aromatic heterocycles. The number of nitrogens with two attached hydrogens (primary N) is 1. The van der Waals surface area contributed by atoms with E-state index in [1.54, 1.807) is 7.11 Å². The summed E-state index contributed by atoms with van der Waals surface area (Å²) in [5.74, 6) is -1.60. The first kappa shape index (κ1) is 19.3. The molecule has 4 N–H and O–H groups in total. The van der Waals surface area contributed by atoms with Gasteiger partial charge in [0.05, 0.1) is 12.8 Å². The van der Waals surface area contributed by atoms with Crippen molar-refractivity contribution in [3.8, 4) is 17.0 Å². The molecule has 1 heterocycles. The molecule has 0 radical (unpaired) electrons. The fourth-order valence-electron chi connectivity index (χ4n) is 2.86. The van der Waals surface area contributed by atoms with Gasteiger partial charge in [0.25, 0.3) is 0 Å². The molecule has 0 unspecified atom stereocenters. The fraction of sp³-hybridized carbons (Fsp3) is 0.263. The van der Waals surface area contributed by atoms with E-state index >= 15 is 0 Å². The molecule has 1 aromatic carbocycles. The number of nitrogens with zero attached hydrogens (tertiary/aromatic N) is 1. The van der Waals surface area contributed by atoms with Crippen LogP contribution < -0.4 is 10.5 Å². The van der Waals surface area contributed by atoms with Crippen LogP contribution in [-0.4, -0.2) is 39.9 Å². The van der Waals surface area contributed by atoms with Gasteiger partial charge in [-0.3, -0.25) is 0 Å². The van der Waals surface area contributed by atoms with Crippen LogP contribution in [-0.2, 0) is 22.6 Å². The largest absolute Gasteiger partial charge is 0.497 e. The van der Waals surface area contributed by atoms with Crippen LogP contribution in [0.3, 0.4) is 0 Å². The van der Waals surface area contributed by atoms with Crippen molar-refractivity contribution in [3.05, 3.63) is 53.7 Å². The van der Waals surface area contributed by atoms with Crippen molar-refractivity contribution < 1.29 is 24.5 Å². The normalized spacial score (nSPS) is 12.7. The first-order valence-corrected chi connectivity index (χ1v) is 8.06. The number of aromatic nitrogens is 1. The average molecular weight is 358 g/mol. The molecule has 0 saturated carbocycles. The van der Waals surface area contributed by atoms with Crippen molar-refractivity contribution in [2.75, 3.05) is 7.11 Å². The van der Waals surface area contributed by atoms with Gasteiger partial charge in [-0.1, -0.05) is 6.07 Å². The number of rotatable bonds is 5. The second-order valence-corrected chi connectivity index (χ2v) is 6.03. The third kappa shape index (κ3) is 4.73. The van der Waals surface area contributed by atoms with Gasteiger partial charge in [0, 0.05) is 42.9 Å². The van der Waals surface area contributed by atoms with Gasteiger partial charge in [-0.2, -0.15) is 0 Å². The monoisotopic (exact) mass is 358 g/mol. The Labute approximate surface area is 151 Å². The number of carboxylic acids is 2. The second kappa shape index (κ2) is 8.35. The summed E-state index contributed by atoms with van der Waals surface area (Å²) in [5, 5.41) is 15.6. The quantitative estimate of drug-likeness (QED) is 0.602. The summed E-state index contributed by atoms with van der Waals surface area (Å²) in [7, 11) is 1.71. The molecule has 138 valence electrons. The number of methoxy groups -OCH3 is 1. The number of hydrogen-bond acceptors (Lipinski definition) is 4. The second-order valence-electron chi connectivity index (χ2n) is 6.03. The van der Waals surface area contributed by atoms with Gasteiger partial charge >= 0.3 is 11.9 Å². The summed E-state index contributed by atoms with van der Waals surface area (Å²) < 4.78 is 7.57. The minimum Gasteiger partial charge on any atom is -0.497 e. The van der Waals surface area contributed by atoms with E-state index in [4.69, 9.17) is 20.7 Å². The van der Waals surface area contributed by atoms with E-state index in [-0.39, 0.29) is 6.04 Å². The minimum absolute atomic E-state index is 0.163. The Morgan fingerprint density at radius 2 is 1.88 bits per heavy atom. The van der Waals surface area contributed by atoms with Crippen LogP contribution in [0.25, 0.3) is 11.3 Å². The molecule has 3 rings (SSSR count). The number of ether oxygens (including phenoxy) is 1. The Kier molecular flexibility index (Phi) is 6.19.